The van der Waals surface area contributed by atoms with Crippen LogP contribution in [0.15, 0.2) is 24.3 Å². The van der Waals surface area contributed by atoms with Gasteiger partial charge in [-0.25, -0.2) is 4.79 Å². The molecule has 7 heteroatoms. The van der Waals surface area contributed by atoms with Gasteiger partial charge in [0.15, 0.2) is 0 Å². The zero-order valence-electron chi connectivity index (χ0n) is 8.73. The maximum atomic E-state index is 12.0. The second-order valence-corrected chi connectivity index (χ2v) is 3.11. The molecule has 0 saturated carbocycles. The van der Waals surface area contributed by atoms with Crippen LogP contribution in [0.4, 0.5) is 13.2 Å². The number of allylic oxidation sites excluding steroid dienone is 1. The van der Waals surface area contributed by atoms with E-state index in [0.717, 1.165) is 24.3 Å². The molecule has 0 atom stereocenters. The van der Waals surface area contributed by atoms with Crippen molar-refractivity contribution in [3.63, 3.8) is 0 Å². The van der Waals surface area contributed by atoms with Crippen LogP contribution >= 0.6 is 0 Å². The van der Waals surface area contributed by atoms with E-state index in [1.807, 2.05) is 0 Å². The van der Waals surface area contributed by atoms with E-state index in [1.165, 1.54) is 6.08 Å². The molecule has 4 nitrogen and oxygen atoms in total. The summed E-state index contributed by atoms with van der Waals surface area (Å²) >= 11 is 0. The van der Waals surface area contributed by atoms with E-state index < -0.39 is 18.1 Å². The lowest BCUT2D eigenvalue weighted by Gasteiger charge is -2.10. The summed E-state index contributed by atoms with van der Waals surface area (Å²) in [6.07, 6.45) is -2.72. The van der Waals surface area contributed by atoms with Crippen LogP contribution in [0.2, 0.25) is 0 Å². The van der Waals surface area contributed by atoms with Gasteiger partial charge in [-0.15, -0.1) is 13.2 Å². The Morgan fingerprint density at radius 3 is 2.56 bits per heavy atom. The van der Waals surface area contributed by atoms with E-state index in [2.05, 4.69) is 4.74 Å². The zero-order chi connectivity index (χ0) is 13.8. The standard InChI is InChI=1S/C11H6F3NO3/c12-11(13,14)18-9-5-7(2-1-3-15)4-8(6-9)10(16)17/h1-2,4-6H,(H,16,17). The van der Waals surface area contributed by atoms with Gasteiger partial charge in [-0.1, -0.05) is 0 Å². The molecule has 18 heavy (non-hydrogen) atoms. The molecule has 0 aromatic heterocycles. The van der Waals surface area contributed by atoms with Crippen LogP contribution in [0, 0.1) is 11.3 Å². The number of carboxylic acids is 1. The third-order valence-corrected chi connectivity index (χ3v) is 1.76. The summed E-state index contributed by atoms with van der Waals surface area (Å²) in [7, 11) is 0. The highest BCUT2D eigenvalue weighted by Gasteiger charge is 2.31. The molecule has 1 aromatic rings. The smallest absolute Gasteiger partial charge is 0.478 e. The molecule has 94 valence electrons. The summed E-state index contributed by atoms with van der Waals surface area (Å²) in [5, 5.41) is 17.0. The SMILES string of the molecule is N#CC=Cc1cc(OC(F)(F)F)cc(C(=O)O)c1. The maximum Gasteiger partial charge on any atom is 0.573 e. The number of ether oxygens (including phenoxy) is 1. The maximum absolute atomic E-state index is 12.0. The molecule has 0 heterocycles. The van der Waals surface area contributed by atoms with Crippen molar-refractivity contribution in [2.45, 2.75) is 6.36 Å². The van der Waals surface area contributed by atoms with Gasteiger partial charge in [0.1, 0.15) is 5.75 Å². The topological polar surface area (TPSA) is 70.3 Å². The van der Waals surface area contributed by atoms with Crippen molar-refractivity contribution in [1.82, 2.24) is 0 Å². The molecule has 0 fully saturated rings. The number of carboxylic acid groups (broad SMARTS) is 1. The number of halogens is 3. The summed E-state index contributed by atoms with van der Waals surface area (Å²) in [6.45, 7) is 0. The van der Waals surface area contributed by atoms with E-state index in [-0.39, 0.29) is 11.1 Å². The zero-order valence-corrected chi connectivity index (χ0v) is 8.73. The molecular formula is C11H6F3NO3. The number of nitriles is 1. The Hall–Kier alpha value is -2.49. The van der Waals surface area contributed by atoms with E-state index in [9.17, 15) is 18.0 Å². The van der Waals surface area contributed by atoms with Gasteiger partial charge in [-0.2, -0.15) is 5.26 Å². The predicted molar refractivity (Wildman–Crippen MR) is 54.7 cm³/mol. The minimum absolute atomic E-state index is 0.121. The molecule has 0 aliphatic heterocycles. The quantitative estimate of drug-likeness (QED) is 0.845. The second kappa shape index (κ2) is 5.23. The first-order valence-corrected chi connectivity index (χ1v) is 4.52. The Morgan fingerprint density at radius 1 is 1.39 bits per heavy atom. The van der Waals surface area contributed by atoms with Crippen LogP contribution in [-0.4, -0.2) is 17.4 Å². The van der Waals surface area contributed by atoms with Crippen molar-refractivity contribution in [1.29, 1.82) is 5.26 Å². The average Bonchev–Trinajstić information content (AvgIpc) is 2.23. The first-order valence-electron chi connectivity index (χ1n) is 4.52. The van der Waals surface area contributed by atoms with Gasteiger partial charge < -0.3 is 9.84 Å². The number of hydrogen-bond acceptors (Lipinski definition) is 3. The van der Waals surface area contributed by atoms with E-state index in [0.29, 0.717) is 0 Å². The molecule has 0 unspecified atom stereocenters. The monoisotopic (exact) mass is 257 g/mol. The summed E-state index contributed by atoms with van der Waals surface area (Å²) < 4.78 is 39.7. The van der Waals surface area contributed by atoms with Gasteiger partial charge >= 0.3 is 12.3 Å². The molecule has 0 saturated heterocycles. The number of alkyl halides is 3. The van der Waals surface area contributed by atoms with Crippen molar-refractivity contribution in [2.24, 2.45) is 0 Å². The Labute approximate surface area is 99.5 Å². The molecule has 0 aliphatic rings. The van der Waals surface area contributed by atoms with Crippen molar-refractivity contribution in [2.75, 3.05) is 0 Å². The van der Waals surface area contributed by atoms with Crippen LogP contribution < -0.4 is 4.74 Å². The summed E-state index contributed by atoms with van der Waals surface area (Å²) in [6, 6.07) is 4.50. The highest BCUT2D eigenvalue weighted by atomic mass is 19.4. The fourth-order valence-electron chi connectivity index (χ4n) is 1.17. The molecular weight excluding hydrogens is 251 g/mol. The lowest BCUT2D eigenvalue weighted by molar-refractivity contribution is -0.274. The first-order chi connectivity index (χ1) is 8.31. The minimum Gasteiger partial charge on any atom is -0.478 e. The predicted octanol–water partition coefficient (Wildman–Crippen LogP) is 2.82. The van der Waals surface area contributed by atoms with Crippen LogP contribution in [0.5, 0.6) is 5.75 Å². The number of carbonyl (C=O) groups is 1. The van der Waals surface area contributed by atoms with E-state index in [4.69, 9.17) is 10.4 Å². The van der Waals surface area contributed by atoms with Gasteiger partial charge in [-0.3, -0.25) is 0 Å². The number of hydrogen-bond donors (Lipinski definition) is 1. The Kier molecular flexibility index (Phi) is 3.94. The van der Waals surface area contributed by atoms with E-state index >= 15 is 0 Å². The Balaban J connectivity index is 3.19. The highest BCUT2D eigenvalue weighted by Crippen LogP contribution is 2.25. The first kappa shape index (κ1) is 13.6. The van der Waals surface area contributed by atoms with Crippen LogP contribution in [0.1, 0.15) is 15.9 Å². The molecule has 1 rings (SSSR count). The Bertz CT molecular complexity index is 529. The fraction of sp³-hybridized carbons (Fsp3) is 0.0909. The molecule has 1 N–H and O–H groups in total. The second-order valence-electron chi connectivity index (χ2n) is 3.11. The number of benzene rings is 1. The average molecular weight is 257 g/mol. The van der Waals surface area contributed by atoms with Gasteiger partial charge in [-0.05, 0) is 29.8 Å². The molecule has 1 aromatic carbocycles. The van der Waals surface area contributed by atoms with Crippen molar-refractivity contribution in [3.05, 3.63) is 35.4 Å². The highest BCUT2D eigenvalue weighted by molar-refractivity contribution is 5.89. The normalized spacial score (nSPS) is 11.2. The van der Waals surface area contributed by atoms with Gasteiger partial charge in [0.25, 0.3) is 0 Å². The summed E-state index contributed by atoms with van der Waals surface area (Å²) in [4.78, 5) is 10.7. The van der Waals surface area contributed by atoms with Crippen LogP contribution in [0.25, 0.3) is 6.08 Å². The number of rotatable bonds is 3. The fourth-order valence-corrected chi connectivity index (χ4v) is 1.17. The van der Waals surface area contributed by atoms with Gasteiger partial charge in [0.05, 0.1) is 11.6 Å². The van der Waals surface area contributed by atoms with Crippen molar-refractivity contribution >= 4 is 12.0 Å². The molecule has 0 bridgehead atoms. The minimum atomic E-state index is -4.91. The molecule has 0 radical (unpaired) electrons. The molecule has 0 amide bonds. The number of aromatic carboxylic acids is 1. The van der Waals surface area contributed by atoms with Crippen LogP contribution in [-0.2, 0) is 0 Å². The van der Waals surface area contributed by atoms with E-state index in [1.54, 1.807) is 6.07 Å². The summed E-state index contributed by atoms with van der Waals surface area (Å²) in [5.74, 6) is -2.05. The largest absolute Gasteiger partial charge is 0.573 e. The third-order valence-electron chi connectivity index (χ3n) is 1.76. The molecule has 0 aliphatic carbocycles. The van der Waals surface area contributed by atoms with Crippen molar-refractivity contribution in [3.8, 4) is 11.8 Å². The number of nitrogens with zero attached hydrogens (tertiary/aromatic N) is 1. The van der Waals surface area contributed by atoms with Gasteiger partial charge in [0, 0.05) is 6.08 Å². The third kappa shape index (κ3) is 4.17. The molecule has 0 spiro atoms. The summed E-state index contributed by atoms with van der Waals surface area (Å²) in [5.41, 5.74) is -0.245. The van der Waals surface area contributed by atoms with Crippen LogP contribution in [0.3, 0.4) is 0 Å². The Morgan fingerprint density at radius 2 is 2.06 bits per heavy atom. The lowest BCUT2D eigenvalue weighted by Crippen LogP contribution is -2.17. The van der Waals surface area contributed by atoms with Crippen molar-refractivity contribution < 1.29 is 27.8 Å². The lowest BCUT2D eigenvalue weighted by atomic mass is 10.1. The van der Waals surface area contributed by atoms with Gasteiger partial charge in [0.2, 0.25) is 0 Å².